The van der Waals surface area contributed by atoms with Gasteiger partial charge in [0.1, 0.15) is 0 Å². The Bertz CT molecular complexity index is 303. The van der Waals surface area contributed by atoms with Crippen molar-refractivity contribution in [1.29, 1.82) is 0 Å². The fourth-order valence-corrected chi connectivity index (χ4v) is 1.21. The van der Waals surface area contributed by atoms with E-state index in [-0.39, 0.29) is 0 Å². The molecular formula is C13H15P. The summed E-state index contributed by atoms with van der Waals surface area (Å²) in [6.07, 6.45) is 0. The van der Waals surface area contributed by atoms with Gasteiger partial charge in [0, 0.05) is 0 Å². The van der Waals surface area contributed by atoms with Gasteiger partial charge in [0.2, 0.25) is 0 Å². The predicted molar refractivity (Wildman–Crippen MR) is 67.0 cm³/mol. The van der Waals surface area contributed by atoms with Crippen molar-refractivity contribution in [1.82, 2.24) is 0 Å². The summed E-state index contributed by atoms with van der Waals surface area (Å²) in [7, 11) is 2.63. The Labute approximate surface area is 88.2 Å². The lowest BCUT2D eigenvalue weighted by Gasteiger charge is -1.82. The van der Waals surface area contributed by atoms with Gasteiger partial charge >= 0.3 is 0 Å². The van der Waals surface area contributed by atoms with E-state index in [1.807, 2.05) is 48.5 Å². The van der Waals surface area contributed by atoms with Crippen LogP contribution in [0.5, 0.6) is 0 Å². The molecule has 72 valence electrons. The van der Waals surface area contributed by atoms with E-state index < -0.39 is 0 Å². The first-order valence-electron chi connectivity index (χ1n) is 4.61. The minimum atomic E-state index is 1.24. The van der Waals surface area contributed by atoms with Crippen LogP contribution in [0.4, 0.5) is 0 Å². The molecule has 0 heterocycles. The quantitative estimate of drug-likeness (QED) is 0.575. The summed E-state index contributed by atoms with van der Waals surface area (Å²) in [4.78, 5) is 0. The summed E-state index contributed by atoms with van der Waals surface area (Å²) in [6, 6.07) is 20.4. The van der Waals surface area contributed by atoms with Gasteiger partial charge in [-0.2, -0.15) is 0 Å². The summed E-state index contributed by atoms with van der Waals surface area (Å²) in [6.45, 7) is 2.08. The Kier molecular flexibility index (Phi) is 4.96. The van der Waals surface area contributed by atoms with Gasteiger partial charge in [0.15, 0.2) is 0 Å². The van der Waals surface area contributed by atoms with Crippen molar-refractivity contribution >= 4 is 14.5 Å². The number of rotatable bonds is 0. The van der Waals surface area contributed by atoms with Crippen molar-refractivity contribution in [3.05, 3.63) is 66.2 Å². The van der Waals surface area contributed by atoms with Crippen LogP contribution >= 0.6 is 9.24 Å². The second kappa shape index (κ2) is 6.34. The first-order valence-corrected chi connectivity index (χ1v) is 5.19. The Hall–Kier alpha value is -1.13. The van der Waals surface area contributed by atoms with Gasteiger partial charge in [-0.05, 0) is 12.2 Å². The Morgan fingerprint density at radius 1 is 0.714 bits per heavy atom. The molecule has 0 nitrogen and oxygen atoms in total. The van der Waals surface area contributed by atoms with Crippen LogP contribution in [-0.4, -0.2) is 0 Å². The first kappa shape index (κ1) is 10.9. The normalized spacial score (nSPS) is 8.71. The van der Waals surface area contributed by atoms with Crippen LogP contribution in [0.2, 0.25) is 0 Å². The standard InChI is InChI=1S/C7H8.C6H7P/c1-7-5-3-2-4-6-7;7-6-4-2-1-3-5-6/h2-6H,1H3;1-5H,7H2. The Morgan fingerprint density at radius 2 is 1.14 bits per heavy atom. The molecule has 0 fully saturated rings. The maximum absolute atomic E-state index is 2.63. The molecular weight excluding hydrogens is 187 g/mol. The van der Waals surface area contributed by atoms with Crippen molar-refractivity contribution in [2.45, 2.75) is 6.92 Å². The van der Waals surface area contributed by atoms with Crippen LogP contribution in [0.1, 0.15) is 5.56 Å². The molecule has 2 rings (SSSR count). The molecule has 0 N–H and O–H groups in total. The molecule has 2 aromatic rings. The number of aryl methyl sites for hydroxylation is 1. The second-order valence-electron chi connectivity index (χ2n) is 3.07. The summed E-state index contributed by atoms with van der Waals surface area (Å²) in [5, 5.41) is 1.24. The zero-order valence-electron chi connectivity index (χ0n) is 8.35. The third-order valence-corrected chi connectivity index (χ3v) is 2.12. The van der Waals surface area contributed by atoms with Crippen molar-refractivity contribution < 1.29 is 0 Å². The van der Waals surface area contributed by atoms with Gasteiger partial charge in [-0.25, -0.2) is 0 Å². The highest BCUT2D eigenvalue weighted by Crippen LogP contribution is 1.92. The first-order chi connectivity index (χ1) is 6.79. The van der Waals surface area contributed by atoms with Gasteiger partial charge in [-0.1, -0.05) is 66.2 Å². The van der Waals surface area contributed by atoms with Crippen molar-refractivity contribution in [3.63, 3.8) is 0 Å². The molecule has 1 atom stereocenters. The maximum atomic E-state index is 2.63. The van der Waals surface area contributed by atoms with Crippen LogP contribution < -0.4 is 5.30 Å². The molecule has 0 aromatic heterocycles. The SMILES string of the molecule is Cc1ccccc1.Pc1ccccc1. The van der Waals surface area contributed by atoms with Crippen LogP contribution in [0.3, 0.4) is 0 Å². The van der Waals surface area contributed by atoms with E-state index in [1.165, 1.54) is 10.9 Å². The van der Waals surface area contributed by atoms with Crippen LogP contribution in [-0.2, 0) is 0 Å². The third-order valence-electron chi connectivity index (χ3n) is 1.74. The van der Waals surface area contributed by atoms with Gasteiger partial charge in [0.05, 0.1) is 0 Å². The van der Waals surface area contributed by atoms with Gasteiger partial charge in [0.25, 0.3) is 0 Å². The maximum Gasteiger partial charge on any atom is -0.0303 e. The number of benzene rings is 2. The predicted octanol–water partition coefficient (Wildman–Crippen LogP) is 3.18. The highest BCUT2D eigenvalue weighted by molar-refractivity contribution is 7.27. The molecule has 0 radical (unpaired) electrons. The van der Waals surface area contributed by atoms with E-state index in [2.05, 4.69) is 28.3 Å². The molecule has 0 aliphatic heterocycles. The van der Waals surface area contributed by atoms with Crippen LogP contribution in [0.25, 0.3) is 0 Å². The lowest BCUT2D eigenvalue weighted by atomic mass is 10.2. The van der Waals surface area contributed by atoms with Crippen molar-refractivity contribution in [3.8, 4) is 0 Å². The topological polar surface area (TPSA) is 0 Å². The molecule has 1 heteroatoms. The van der Waals surface area contributed by atoms with E-state index >= 15 is 0 Å². The smallest absolute Gasteiger partial charge is 0.0303 e. The van der Waals surface area contributed by atoms with E-state index in [0.717, 1.165) is 0 Å². The number of hydrogen-bond donors (Lipinski definition) is 0. The molecule has 0 aliphatic carbocycles. The zero-order chi connectivity index (χ0) is 10.2. The molecule has 0 saturated heterocycles. The Balaban J connectivity index is 0.000000140. The van der Waals surface area contributed by atoms with Gasteiger partial charge < -0.3 is 0 Å². The third kappa shape index (κ3) is 4.79. The van der Waals surface area contributed by atoms with E-state index in [4.69, 9.17) is 0 Å². The lowest BCUT2D eigenvalue weighted by Crippen LogP contribution is -1.82. The van der Waals surface area contributed by atoms with E-state index in [1.54, 1.807) is 0 Å². The number of hydrogen-bond acceptors (Lipinski definition) is 0. The Morgan fingerprint density at radius 3 is 1.36 bits per heavy atom. The zero-order valence-corrected chi connectivity index (χ0v) is 9.51. The summed E-state index contributed by atoms with van der Waals surface area (Å²) >= 11 is 0. The van der Waals surface area contributed by atoms with E-state index in [0.29, 0.717) is 0 Å². The fourth-order valence-electron chi connectivity index (χ4n) is 0.987. The summed E-state index contributed by atoms with van der Waals surface area (Å²) < 4.78 is 0. The molecule has 2 aromatic carbocycles. The lowest BCUT2D eigenvalue weighted by molar-refractivity contribution is 1.48. The molecule has 0 spiro atoms. The van der Waals surface area contributed by atoms with E-state index in [9.17, 15) is 0 Å². The molecule has 0 saturated carbocycles. The van der Waals surface area contributed by atoms with Crippen LogP contribution in [0, 0.1) is 6.92 Å². The fraction of sp³-hybridized carbons (Fsp3) is 0.0769. The van der Waals surface area contributed by atoms with Crippen molar-refractivity contribution in [2.75, 3.05) is 0 Å². The van der Waals surface area contributed by atoms with Crippen molar-refractivity contribution in [2.24, 2.45) is 0 Å². The van der Waals surface area contributed by atoms with Gasteiger partial charge in [-0.3, -0.25) is 0 Å². The molecule has 14 heavy (non-hydrogen) atoms. The summed E-state index contributed by atoms with van der Waals surface area (Å²) in [5.74, 6) is 0. The molecule has 0 amide bonds. The molecule has 1 unspecified atom stereocenters. The largest absolute Gasteiger partial charge is 0.106 e. The average Bonchev–Trinajstić information content (AvgIpc) is 2.21. The summed E-state index contributed by atoms with van der Waals surface area (Å²) in [5.41, 5.74) is 1.32. The molecule has 0 aliphatic rings. The average molecular weight is 202 g/mol. The monoisotopic (exact) mass is 202 g/mol. The minimum absolute atomic E-state index is 1.24. The minimum Gasteiger partial charge on any atom is -0.106 e. The highest BCUT2D eigenvalue weighted by Gasteiger charge is 1.72. The highest BCUT2D eigenvalue weighted by atomic mass is 31.0. The second-order valence-corrected chi connectivity index (χ2v) is 3.73. The molecule has 0 bridgehead atoms. The van der Waals surface area contributed by atoms with Crippen LogP contribution in [0.15, 0.2) is 60.7 Å². The van der Waals surface area contributed by atoms with Gasteiger partial charge in [-0.15, -0.1) is 9.24 Å².